The molecule has 0 radical (unpaired) electrons. The molecule has 32 heavy (non-hydrogen) atoms. The van der Waals surface area contributed by atoms with Crippen molar-refractivity contribution in [1.82, 2.24) is 5.32 Å². The summed E-state index contributed by atoms with van der Waals surface area (Å²) in [5.41, 5.74) is 1.33. The van der Waals surface area contributed by atoms with Gasteiger partial charge in [0, 0.05) is 5.02 Å². The van der Waals surface area contributed by atoms with Crippen molar-refractivity contribution in [2.75, 3.05) is 0 Å². The second-order valence-electron chi connectivity index (χ2n) is 6.50. The number of para-hydroxylation sites is 1. The highest BCUT2D eigenvalue weighted by atomic mass is 35.5. The molecule has 0 saturated carbocycles. The molecule has 0 aromatic heterocycles. The van der Waals surface area contributed by atoms with E-state index in [0.29, 0.717) is 20.7 Å². The third-order valence-electron chi connectivity index (χ3n) is 4.19. The molecule has 0 unspecified atom stereocenters. The Morgan fingerprint density at radius 2 is 1.69 bits per heavy atom. The van der Waals surface area contributed by atoms with Crippen LogP contribution in [0, 0.1) is 0 Å². The molecule has 3 aromatic carbocycles. The van der Waals surface area contributed by atoms with Crippen molar-refractivity contribution < 1.29 is 17.4 Å². The Labute approximate surface area is 199 Å². The number of benzene rings is 3. The average Bonchev–Trinajstić information content (AvgIpc) is 3.09. The first kappa shape index (κ1) is 22.4. The van der Waals surface area contributed by atoms with Gasteiger partial charge in [0.15, 0.2) is 10.9 Å². The Bertz CT molecular complexity index is 1340. The van der Waals surface area contributed by atoms with Gasteiger partial charge in [-0.15, -0.1) is 0 Å². The van der Waals surface area contributed by atoms with Gasteiger partial charge in [0.2, 0.25) is 0 Å². The van der Waals surface area contributed by atoms with Crippen LogP contribution in [0.2, 0.25) is 10.0 Å². The smallest absolute Gasteiger partial charge is 0.339 e. The number of amidine groups is 1. The number of halogens is 2. The standard InChI is InChI=1S/C22H14Cl2N2O4S2/c23-15-7-9-17(10-8-15)32(28,29)30-19-11-6-14(12-18(19)24)13-20-21(27)26-22(31-20)25-16-4-2-1-3-5-16/h1-13H,(H,25,26,27)/b20-13-. The molecular weight excluding hydrogens is 491 g/mol. The summed E-state index contributed by atoms with van der Waals surface area (Å²) in [6, 6.07) is 19.4. The number of hydrogen-bond acceptors (Lipinski definition) is 6. The maximum absolute atomic E-state index is 12.5. The number of hydrogen-bond donors (Lipinski definition) is 1. The first-order valence-electron chi connectivity index (χ1n) is 9.14. The van der Waals surface area contributed by atoms with Gasteiger partial charge in [-0.3, -0.25) is 4.79 Å². The lowest BCUT2D eigenvalue weighted by Gasteiger charge is -2.09. The fraction of sp³-hybridized carbons (Fsp3) is 0. The molecule has 6 nitrogen and oxygen atoms in total. The Morgan fingerprint density at radius 1 is 0.969 bits per heavy atom. The van der Waals surface area contributed by atoms with E-state index < -0.39 is 10.1 Å². The van der Waals surface area contributed by atoms with Gasteiger partial charge in [-0.2, -0.15) is 8.42 Å². The van der Waals surface area contributed by atoms with Crippen molar-refractivity contribution in [3.05, 3.63) is 93.3 Å². The van der Waals surface area contributed by atoms with E-state index in [4.69, 9.17) is 27.4 Å². The molecule has 1 amide bonds. The van der Waals surface area contributed by atoms with Crippen LogP contribution in [0.1, 0.15) is 5.56 Å². The Balaban J connectivity index is 1.52. The number of rotatable bonds is 5. The SMILES string of the molecule is O=C1NC(=Nc2ccccc2)S/C1=C\c1ccc(OS(=O)(=O)c2ccc(Cl)cc2)c(Cl)c1. The van der Waals surface area contributed by atoms with Crippen LogP contribution in [0.25, 0.3) is 6.08 Å². The molecule has 0 atom stereocenters. The molecule has 1 aliphatic heterocycles. The second-order valence-corrected chi connectivity index (χ2v) is 9.92. The largest absolute Gasteiger partial charge is 0.377 e. The average molecular weight is 505 g/mol. The van der Waals surface area contributed by atoms with E-state index >= 15 is 0 Å². The summed E-state index contributed by atoms with van der Waals surface area (Å²) < 4.78 is 30.1. The summed E-state index contributed by atoms with van der Waals surface area (Å²) in [7, 11) is -4.08. The second kappa shape index (κ2) is 9.38. The van der Waals surface area contributed by atoms with E-state index in [1.54, 1.807) is 12.1 Å². The number of nitrogens with one attached hydrogen (secondary N) is 1. The normalized spacial score (nSPS) is 16.4. The Kier molecular flexibility index (Phi) is 6.57. The highest BCUT2D eigenvalue weighted by Gasteiger charge is 2.24. The van der Waals surface area contributed by atoms with E-state index in [1.807, 2.05) is 30.3 Å². The van der Waals surface area contributed by atoms with Crippen LogP contribution in [0.5, 0.6) is 5.75 Å². The minimum Gasteiger partial charge on any atom is -0.377 e. The lowest BCUT2D eigenvalue weighted by molar-refractivity contribution is -0.115. The molecule has 10 heteroatoms. The van der Waals surface area contributed by atoms with Crippen molar-refractivity contribution >= 4 is 67.9 Å². The van der Waals surface area contributed by atoms with Gasteiger partial charge in [-0.05, 0) is 71.9 Å². The van der Waals surface area contributed by atoms with Crippen molar-refractivity contribution in [2.45, 2.75) is 4.90 Å². The molecular formula is C22H14Cl2N2O4S2. The number of amides is 1. The lowest BCUT2D eigenvalue weighted by Crippen LogP contribution is -2.19. The van der Waals surface area contributed by atoms with Crippen LogP contribution in [-0.4, -0.2) is 19.5 Å². The van der Waals surface area contributed by atoms with Gasteiger partial charge < -0.3 is 9.50 Å². The summed E-state index contributed by atoms with van der Waals surface area (Å²) in [5, 5.41) is 3.67. The van der Waals surface area contributed by atoms with Crippen LogP contribution in [0.3, 0.4) is 0 Å². The van der Waals surface area contributed by atoms with Crippen LogP contribution in [0.15, 0.2) is 87.6 Å². The quantitative estimate of drug-likeness (QED) is 0.358. The molecule has 1 fully saturated rings. The van der Waals surface area contributed by atoms with E-state index in [1.165, 1.54) is 48.2 Å². The Hall–Kier alpha value is -2.78. The topological polar surface area (TPSA) is 84.8 Å². The zero-order chi connectivity index (χ0) is 22.7. The first-order valence-corrected chi connectivity index (χ1v) is 12.1. The predicted molar refractivity (Wildman–Crippen MR) is 128 cm³/mol. The minimum absolute atomic E-state index is 0.0291. The van der Waals surface area contributed by atoms with Gasteiger partial charge in [0.05, 0.1) is 15.6 Å². The third kappa shape index (κ3) is 5.34. The molecule has 0 spiro atoms. The number of nitrogens with zero attached hydrogens (tertiary/aromatic N) is 1. The maximum Gasteiger partial charge on any atom is 0.339 e. The molecule has 3 aromatic rings. The van der Waals surface area contributed by atoms with Gasteiger partial charge in [-0.25, -0.2) is 4.99 Å². The molecule has 1 aliphatic rings. The van der Waals surface area contributed by atoms with E-state index in [0.717, 1.165) is 5.69 Å². The van der Waals surface area contributed by atoms with Gasteiger partial charge in [0.25, 0.3) is 5.91 Å². The molecule has 0 bridgehead atoms. The highest BCUT2D eigenvalue weighted by Crippen LogP contribution is 2.32. The summed E-state index contributed by atoms with van der Waals surface area (Å²) in [6.07, 6.45) is 1.64. The summed E-state index contributed by atoms with van der Waals surface area (Å²) >= 11 is 13.2. The Morgan fingerprint density at radius 3 is 2.38 bits per heavy atom. The van der Waals surface area contributed by atoms with E-state index in [9.17, 15) is 13.2 Å². The fourth-order valence-electron chi connectivity index (χ4n) is 2.69. The number of thioether (sulfide) groups is 1. The highest BCUT2D eigenvalue weighted by molar-refractivity contribution is 8.18. The summed E-state index contributed by atoms with van der Waals surface area (Å²) in [6.45, 7) is 0. The van der Waals surface area contributed by atoms with Crippen LogP contribution < -0.4 is 9.50 Å². The van der Waals surface area contributed by atoms with Gasteiger partial charge in [-0.1, -0.05) is 47.5 Å². The molecule has 0 aliphatic carbocycles. The fourth-order valence-corrected chi connectivity index (χ4v) is 4.88. The summed E-state index contributed by atoms with van der Waals surface area (Å²) in [4.78, 5) is 17.0. The van der Waals surface area contributed by atoms with Gasteiger partial charge in [0.1, 0.15) is 4.90 Å². The van der Waals surface area contributed by atoms with E-state index in [2.05, 4.69) is 10.3 Å². The first-order chi connectivity index (χ1) is 15.3. The van der Waals surface area contributed by atoms with Crippen molar-refractivity contribution in [3.63, 3.8) is 0 Å². The van der Waals surface area contributed by atoms with E-state index in [-0.39, 0.29) is 21.6 Å². The predicted octanol–water partition coefficient (Wildman–Crippen LogP) is 5.65. The lowest BCUT2D eigenvalue weighted by atomic mass is 10.2. The zero-order valence-electron chi connectivity index (χ0n) is 16.2. The molecule has 1 N–H and O–H groups in total. The molecule has 1 saturated heterocycles. The molecule has 1 heterocycles. The maximum atomic E-state index is 12.5. The van der Waals surface area contributed by atoms with Crippen LogP contribution in [-0.2, 0) is 14.9 Å². The van der Waals surface area contributed by atoms with Crippen molar-refractivity contribution in [1.29, 1.82) is 0 Å². The molecule has 162 valence electrons. The minimum atomic E-state index is -4.08. The van der Waals surface area contributed by atoms with Crippen molar-refractivity contribution in [2.24, 2.45) is 4.99 Å². The summed E-state index contributed by atoms with van der Waals surface area (Å²) in [5.74, 6) is -0.315. The van der Waals surface area contributed by atoms with Crippen LogP contribution >= 0.6 is 35.0 Å². The van der Waals surface area contributed by atoms with Crippen LogP contribution in [0.4, 0.5) is 5.69 Å². The third-order valence-corrected chi connectivity index (χ3v) is 6.90. The number of carbonyl (C=O) groups is 1. The molecule has 4 rings (SSSR count). The van der Waals surface area contributed by atoms with Gasteiger partial charge >= 0.3 is 10.1 Å². The monoisotopic (exact) mass is 504 g/mol. The zero-order valence-corrected chi connectivity index (χ0v) is 19.3. The number of aliphatic imine (C=N–C) groups is 1. The van der Waals surface area contributed by atoms with Crippen molar-refractivity contribution in [3.8, 4) is 5.75 Å². The number of carbonyl (C=O) groups excluding carboxylic acids is 1.